The number of benzene rings is 1. The van der Waals surface area contributed by atoms with E-state index in [-0.39, 0.29) is 24.2 Å². The molecular weight excluding hydrogens is 380 g/mol. The summed E-state index contributed by atoms with van der Waals surface area (Å²) >= 11 is 0. The summed E-state index contributed by atoms with van der Waals surface area (Å²) in [6, 6.07) is 8.31. The van der Waals surface area contributed by atoms with E-state index in [9.17, 15) is 9.59 Å². The Bertz CT molecular complexity index is 824. The lowest BCUT2D eigenvalue weighted by Gasteiger charge is -2.28. The summed E-state index contributed by atoms with van der Waals surface area (Å²) in [7, 11) is 0. The molecule has 2 aromatic rings. The molecule has 3 heterocycles. The van der Waals surface area contributed by atoms with Crippen molar-refractivity contribution in [2.45, 2.75) is 51.1 Å². The zero-order chi connectivity index (χ0) is 18.8. The number of halogens is 1. The van der Waals surface area contributed by atoms with E-state index in [0.717, 1.165) is 18.5 Å². The van der Waals surface area contributed by atoms with E-state index in [4.69, 9.17) is 4.52 Å². The Balaban J connectivity index is 0.00000225. The van der Waals surface area contributed by atoms with E-state index in [1.54, 1.807) is 31.2 Å². The molecule has 4 rings (SSSR count). The number of piperidine rings is 1. The molecule has 1 aromatic heterocycles. The Labute approximate surface area is 170 Å². The molecule has 1 aromatic carbocycles. The van der Waals surface area contributed by atoms with E-state index >= 15 is 0 Å². The fraction of sp³-hybridized carbons (Fsp3) is 0.450. The van der Waals surface area contributed by atoms with Gasteiger partial charge in [0.2, 0.25) is 5.91 Å². The second-order valence-corrected chi connectivity index (χ2v) is 7.55. The minimum atomic E-state index is -0.272. The van der Waals surface area contributed by atoms with Crippen LogP contribution in [0.2, 0.25) is 0 Å². The van der Waals surface area contributed by atoms with Crippen LogP contribution >= 0.6 is 12.4 Å². The zero-order valence-corrected chi connectivity index (χ0v) is 16.6. The molecular formula is C20H25ClN4O3. The molecule has 2 aliphatic heterocycles. The number of nitrogens with one attached hydrogen (secondary N) is 3. The minimum absolute atomic E-state index is 0. The molecule has 0 radical (unpaired) electrons. The standard InChI is InChI=1S/C20H24N4O3.ClH/c1-12-18(11-21-27-12)20(26)24-15-4-2-14(3-5-15)23-19(25)10-13-8-16-6-7-17(9-13)22-16;/h2-5,11,13,16-17,22H,6-10H2,1H3,(H,23,25)(H,24,26);1H. The van der Waals surface area contributed by atoms with Crippen LogP contribution in [-0.2, 0) is 4.79 Å². The summed E-state index contributed by atoms with van der Waals surface area (Å²) in [6.45, 7) is 1.69. The van der Waals surface area contributed by atoms with Gasteiger partial charge in [-0.05, 0) is 62.8 Å². The van der Waals surface area contributed by atoms with Crippen LogP contribution in [0.25, 0.3) is 0 Å². The number of nitrogens with zero attached hydrogens (tertiary/aromatic N) is 1. The summed E-state index contributed by atoms with van der Waals surface area (Å²) in [5.41, 5.74) is 1.79. The molecule has 0 spiro atoms. The van der Waals surface area contributed by atoms with Gasteiger partial charge in [0.15, 0.2) is 0 Å². The van der Waals surface area contributed by atoms with E-state index < -0.39 is 0 Å². The molecule has 3 N–H and O–H groups in total. The summed E-state index contributed by atoms with van der Waals surface area (Å²) in [6.07, 6.45) is 6.63. The van der Waals surface area contributed by atoms with Crippen LogP contribution < -0.4 is 16.0 Å². The van der Waals surface area contributed by atoms with Gasteiger partial charge in [0, 0.05) is 29.9 Å². The number of carbonyl (C=O) groups excluding carboxylic acids is 2. The fourth-order valence-corrected chi connectivity index (χ4v) is 4.17. The number of hydrogen-bond donors (Lipinski definition) is 3. The van der Waals surface area contributed by atoms with E-state index in [0.29, 0.717) is 41.4 Å². The highest BCUT2D eigenvalue weighted by atomic mass is 35.5. The van der Waals surface area contributed by atoms with Crippen LogP contribution in [0.4, 0.5) is 11.4 Å². The quantitative estimate of drug-likeness (QED) is 0.708. The van der Waals surface area contributed by atoms with Gasteiger partial charge in [-0.15, -0.1) is 12.4 Å². The second kappa shape index (κ2) is 8.75. The van der Waals surface area contributed by atoms with Crippen molar-refractivity contribution in [2.75, 3.05) is 10.6 Å². The maximum absolute atomic E-state index is 12.4. The van der Waals surface area contributed by atoms with Crippen LogP contribution in [0, 0.1) is 12.8 Å². The smallest absolute Gasteiger partial charge is 0.260 e. The Morgan fingerprint density at radius 3 is 2.29 bits per heavy atom. The summed E-state index contributed by atoms with van der Waals surface area (Å²) < 4.78 is 4.90. The van der Waals surface area contributed by atoms with Gasteiger partial charge < -0.3 is 20.5 Å². The molecule has 2 unspecified atom stereocenters. The first kappa shape index (κ1) is 20.4. The average Bonchev–Trinajstić information content (AvgIpc) is 3.21. The Morgan fingerprint density at radius 1 is 1.11 bits per heavy atom. The largest absolute Gasteiger partial charge is 0.361 e. The Kier molecular flexibility index (Phi) is 6.36. The van der Waals surface area contributed by atoms with E-state index in [1.807, 2.05) is 0 Å². The number of anilines is 2. The third-order valence-electron chi connectivity index (χ3n) is 5.47. The first-order valence-electron chi connectivity index (χ1n) is 9.45. The lowest BCUT2D eigenvalue weighted by Crippen LogP contribution is -2.39. The van der Waals surface area contributed by atoms with E-state index in [2.05, 4.69) is 21.1 Å². The lowest BCUT2D eigenvalue weighted by molar-refractivity contribution is -0.117. The van der Waals surface area contributed by atoms with Crippen LogP contribution in [-0.4, -0.2) is 29.1 Å². The van der Waals surface area contributed by atoms with Gasteiger partial charge in [-0.3, -0.25) is 9.59 Å². The van der Waals surface area contributed by atoms with Crippen molar-refractivity contribution in [2.24, 2.45) is 5.92 Å². The lowest BCUT2D eigenvalue weighted by atomic mass is 9.89. The SMILES string of the molecule is Cc1oncc1C(=O)Nc1ccc(NC(=O)CC2CC3CCC(C2)N3)cc1.Cl. The molecule has 8 heteroatoms. The molecule has 2 fully saturated rings. The number of amides is 2. The summed E-state index contributed by atoms with van der Waals surface area (Å²) in [5, 5.41) is 13.0. The van der Waals surface area contributed by atoms with Gasteiger partial charge in [-0.25, -0.2) is 0 Å². The number of aryl methyl sites for hydroxylation is 1. The van der Waals surface area contributed by atoms with Crippen molar-refractivity contribution in [3.8, 4) is 0 Å². The molecule has 2 atom stereocenters. The van der Waals surface area contributed by atoms with Crippen molar-refractivity contribution < 1.29 is 14.1 Å². The van der Waals surface area contributed by atoms with Gasteiger partial charge >= 0.3 is 0 Å². The molecule has 2 bridgehead atoms. The predicted molar refractivity (Wildman–Crippen MR) is 109 cm³/mol. The molecule has 0 aliphatic carbocycles. The monoisotopic (exact) mass is 404 g/mol. The van der Waals surface area contributed by atoms with Crippen LogP contribution in [0.15, 0.2) is 35.0 Å². The molecule has 2 aliphatic rings. The molecule has 2 amide bonds. The maximum Gasteiger partial charge on any atom is 0.260 e. The molecule has 0 saturated carbocycles. The second-order valence-electron chi connectivity index (χ2n) is 7.55. The summed E-state index contributed by atoms with van der Waals surface area (Å²) in [5.74, 6) is 0.723. The third-order valence-corrected chi connectivity index (χ3v) is 5.47. The minimum Gasteiger partial charge on any atom is -0.361 e. The average molecular weight is 405 g/mol. The van der Waals surface area contributed by atoms with Crippen molar-refractivity contribution in [1.29, 1.82) is 0 Å². The molecule has 150 valence electrons. The van der Waals surface area contributed by atoms with Crippen molar-refractivity contribution in [1.82, 2.24) is 10.5 Å². The first-order valence-corrected chi connectivity index (χ1v) is 9.45. The number of fused-ring (bicyclic) bond motifs is 2. The van der Waals surface area contributed by atoms with Crippen LogP contribution in [0.3, 0.4) is 0 Å². The van der Waals surface area contributed by atoms with Gasteiger partial charge in [0.1, 0.15) is 11.3 Å². The zero-order valence-electron chi connectivity index (χ0n) is 15.7. The van der Waals surface area contributed by atoms with Crippen LogP contribution in [0.5, 0.6) is 0 Å². The molecule has 7 nitrogen and oxygen atoms in total. The number of hydrogen-bond acceptors (Lipinski definition) is 5. The van der Waals surface area contributed by atoms with Gasteiger partial charge in [-0.2, -0.15) is 0 Å². The highest BCUT2D eigenvalue weighted by Gasteiger charge is 2.34. The van der Waals surface area contributed by atoms with Crippen molar-refractivity contribution >= 4 is 35.6 Å². The predicted octanol–water partition coefficient (Wildman–Crippen LogP) is 3.52. The van der Waals surface area contributed by atoms with Gasteiger partial charge in [-0.1, -0.05) is 5.16 Å². The summed E-state index contributed by atoms with van der Waals surface area (Å²) in [4.78, 5) is 24.5. The van der Waals surface area contributed by atoms with Crippen molar-refractivity contribution in [3.63, 3.8) is 0 Å². The molecule has 28 heavy (non-hydrogen) atoms. The van der Waals surface area contributed by atoms with Crippen molar-refractivity contribution in [3.05, 3.63) is 41.8 Å². The number of rotatable bonds is 5. The Morgan fingerprint density at radius 2 is 1.71 bits per heavy atom. The normalized spacial score (nSPS) is 23.0. The highest BCUT2D eigenvalue weighted by molar-refractivity contribution is 6.04. The first-order chi connectivity index (χ1) is 13.1. The number of aromatic nitrogens is 1. The topological polar surface area (TPSA) is 96.3 Å². The highest BCUT2D eigenvalue weighted by Crippen LogP contribution is 2.32. The van der Waals surface area contributed by atoms with Crippen LogP contribution in [0.1, 0.15) is 48.2 Å². The molecule has 2 saturated heterocycles. The fourth-order valence-electron chi connectivity index (χ4n) is 4.17. The van der Waals surface area contributed by atoms with Gasteiger partial charge in [0.25, 0.3) is 5.91 Å². The van der Waals surface area contributed by atoms with Gasteiger partial charge in [0.05, 0.1) is 6.20 Å². The third kappa shape index (κ3) is 4.72. The maximum atomic E-state index is 12.4. The van der Waals surface area contributed by atoms with E-state index in [1.165, 1.54) is 19.0 Å². The number of carbonyl (C=O) groups is 2. The Hall–Kier alpha value is -2.38.